The van der Waals surface area contributed by atoms with Crippen LogP contribution in [0.25, 0.3) is 0 Å². The lowest BCUT2D eigenvalue weighted by Gasteiger charge is -2.16. The van der Waals surface area contributed by atoms with Gasteiger partial charge in [0.2, 0.25) is 0 Å². The van der Waals surface area contributed by atoms with Crippen LogP contribution >= 0.6 is 0 Å². The predicted octanol–water partition coefficient (Wildman–Crippen LogP) is 2.31. The fourth-order valence-corrected chi connectivity index (χ4v) is 2.01. The predicted molar refractivity (Wildman–Crippen MR) is 74.4 cm³/mol. The number of carbonyl (C=O) groups excluding carboxylic acids is 1. The zero-order chi connectivity index (χ0) is 15.4. The number of hydrogen-bond donors (Lipinski definition) is 2. The summed E-state index contributed by atoms with van der Waals surface area (Å²) in [6, 6.07) is 5.84. The van der Waals surface area contributed by atoms with Crippen molar-refractivity contribution in [2.45, 2.75) is 19.5 Å². The highest BCUT2D eigenvalue weighted by Crippen LogP contribution is 2.20. The zero-order valence-corrected chi connectivity index (χ0v) is 11.4. The van der Waals surface area contributed by atoms with E-state index in [0.29, 0.717) is 11.3 Å². The molecule has 0 saturated carbocycles. The van der Waals surface area contributed by atoms with Gasteiger partial charge in [-0.2, -0.15) is 0 Å². The van der Waals surface area contributed by atoms with Crippen LogP contribution in [0, 0.1) is 11.6 Å². The largest absolute Gasteiger partial charge is 0.345 e. The molecule has 6 heteroatoms. The molecule has 1 amide bonds. The van der Waals surface area contributed by atoms with E-state index in [0.717, 1.165) is 12.1 Å². The van der Waals surface area contributed by atoms with Gasteiger partial charge in [-0.05, 0) is 31.2 Å². The topological polar surface area (TPSA) is 68.0 Å². The lowest BCUT2D eigenvalue weighted by molar-refractivity contribution is 0.0938. The number of nitrogens with zero attached hydrogens (tertiary/aromatic N) is 1. The van der Waals surface area contributed by atoms with E-state index in [1.54, 1.807) is 6.07 Å². The number of rotatable bonds is 4. The van der Waals surface area contributed by atoms with Crippen molar-refractivity contribution in [3.63, 3.8) is 0 Å². The van der Waals surface area contributed by atoms with Gasteiger partial charge >= 0.3 is 0 Å². The first-order valence-corrected chi connectivity index (χ1v) is 6.42. The molecular formula is C15H15F2N3O. The van der Waals surface area contributed by atoms with Crippen LogP contribution in [0.3, 0.4) is 0 Å². The highest BCUT2D eigenvalue weighted by Gasteiger charge is 2.18. The Morgan fingerprint density at radius 2 is 2.00 bits per heavy atom. The van der Waals surface area contributed by atoms with E-state index in [2.05, 4.69) is 10.3 Å². The van der Waals surface area contributed by atoms with E-state index in [1.807, 2.05) is 0 Å². The second-order valence-corrected chi connectivity index (χ2v) is 4.57. The number of hydrogen-bond acceptors (Lipinski definition) is 3. The Hall–Kier alpha value is -2.34. The SMILES string of the molecule is CC(NC(=O)c1ccnc(CN)c1)c1c(F)cccc1F. The average molecular weight is 291 g/mol. The van der Waals surface area contributed by atoms with Crippen molar-refractivity contribution >= 4 is 5.91 Å². The Morgan fingerprint density at radius 1 is 1.33 bits per heavy atom. The Labute approximate surface area is 121 Å². The number of nitrogens with two attached hydrogens (primary N) is 1. The molecule has 21 heavy (non-hydrogen) atoms. The quantitative estimate of drug-likeness (QED) is 0.908. The fraction of sp³-hybridized carbons (Fsp3) is 0.200. The summed E-state index contributed by atoms with van der Waals surface area (Å²) >= 11 is 0. The Balaban J connectivity index is 2.19. The molecule has 1 aromatic carbocycles. The number of aromatic nitrogens is 1. The summed E-state index contributed by atoms with van der Waals surface area (Å²) in [6.45, 7) is 1.73. The van der Waals surface area contributed by atoms with Gasteiger partial charge in [-0.25, -0.2) is 8.78 Å². The van der Waals surface area contributed by atoms with Gasteiger partial charge in [0.05, 0.1) is 11.7 Å². The molecule has 2 aromatic rings. The number of carbonyl (C=O) groups is 1. The number of pyridine rings is 1. The maximum absolute atomic E-state index is 13.7. The molecule has 1 unspecified atom stereocenters. The van der Waals surface area contributed by atoms with Gasteiger partial charge in [0, 0.05) is 23.9 Å². The highest BCUT2D eigenvalue weighted by molar-refractivity contribution is 5.94. The van der Waals surface area contributed by atoms with Crippen molar-refractivity contribution in [2.75, 3.05) is 0 Å². The molecule has 0 saturated heterocycles. The number of amides is 1. The Bertz CT molecular complexity index is 641. The van der Waals surface area contributed by atoms with Crippen LogP contribution in [0.4, 0.5) is 8.78 Å². The number of halogens is 2. The third kappa shape index (κ3) is 3.41. The molecule has 0 bridgehead atoms. The number of nitrogens with one attached hydrogen (secondary N) is 1. The van der Waals surface area contributed by atoms with Crippen LogP contribution in [-0.4, -0.2) is 10.9 Å². The summed E-state index contributed by atoms with van der Waals surface area (Å²) in [7, 11) is 0. The standard InChI is InChI=1S/C15H15F2N3O/c1-9(14-12(16)3-2-4-13(14)17)20-15(21)10-5-6-19-11(7-10)8-18/h2-7,9H,8,18H2,1H3,(H,20,21). The molecule has 1 heterocycles. The van der Waals surface area contributed by atoms with Crippen LogP contribution in [0.1, 0.15) is 34.6 Å². The second kappa shape index (κ2) is 6.41. The number of benzene rings is 1. The Morgan fingerprint density at radius 3 is 2.62 bits per heavy atom. The second-order valence-electron chi connectivity index (χ2n) is 4.57. The molecule has 1 aromatic heterocycles. The Kier molecular flexibility index (Phi) is 4.59. The maximum atomic E-state index is 13.7. The molecule has 0 radical (unpaired) electrons. The van der Waals surface area contributed by atoms with Crippen LogP contribution in [0.2, 0.25) is 0 Å². The van der Waals surface area contributed by atoms with Crippen LogP contribution in [-0.2, 0) is 6.54 Å². The third-order valence-corrected chi connectivity index (χ3v) is 3.07. The van der Waals surface area contributed by atoms with Gasteiger partial charge in [-0.15, -0.1) is 0 Å². The third-order valence-electron chi connectivity index (χ3n) is 3.07. The van der Waals surface area contributed by atoms with Crippen molar-refractivity contribution in [2.24, 2.45) is 5.73 Å². The summed E-state index contributed by atoms with van der Waals surface area (Å²) < 4.78 is 27.3. The molecule has 0 fully saturated rings. The molecule has 2 rings (SSSR count). The summed E-state index contributed by atoms with van der Waals surface area (Å²) in [4.78, 5) is 16.1. The molecule has 1 atom stereocenters. The van der Waals surface area contributed by atoms with Crippen molar-refractivity contribution in [1.82, 2.24) is 10.3 Å². The van der Waals surface area contributed by atoms with E-state index in [1.165, 1.54) is 25.3 Å². The fourth-order valence-electron chi connectivity index (χ4n) is 2.01. The average Bonchev–Trinajstić information content (AvgIpc) is 2.47. The molecule has 0 aliphatic rings. The minimum Gasteiger partial charge on any atom is -0.345 e. The molecule has 0 aliphatic carbocycles. The minimum absolute atomic E-state index is 0.168. The van der Waals surface area contributed by atoms with Gasteiger partial charge in [0.15, 0.2) is 0 Å². The molecular weight excluding hydrogens is 276 g/mol. The molecule has 110 valence electrons. The van der Waals surface area contributed by atoms with Crippen molar-refractivity contribution < 1.29 is 13.6 Å². The van der Waals surface area contributed by atoms with E-state index in [-0.39, 0.29) is 12.1 Å². The van der Waals surface area contributed by atoms with E-state index in [9.17, 15) is 13.6 Å². The first-order chi connectivity index (χ1) is 10.0. The summed E-state index contributed by atoms with van der Waals surface area (Å²) in [6.07, 6.45) is 1.46. The van der Waals surface area contributed by atoms with E-state index < -0.39 is 23.6 Å². The summed E-state index contributed by atoms with van der Waals surface area (Å²) in [5.41, 5.74) is 6.19. The zero-order valence-electron chi connectivity index (χ0n) is 11.4. The van der Waals surface area contributed by atoms with Gasteiger partial charge in [0.1, 0.15) is 11.6 Å². The van der Waals surface area contributed by atoms with Crippen LogP contribution < -0.4 is 11.1 Å². The lowest BCUT2D eigenvalue weighted by atomic mass is 10.1. The summed E-state index contributed by atoms with van der Waals surface area (Å²) in [5.74, 6) is -1.83. The normalized spacial score (nSPS) is 12.0. The molecule has 4 nitrogen and oxygen atoms in total. The van der Waals surface area contributed by atoms with Gasteiger partial charge < -0.3 is 11.1 Å². The highest BCUT2D eigenvalue weighted by atomic mass is 19.1. The lowest BCUT2D eigenvalue weighted by Crippen LogP contribution is -2.28. The van der Waals surface area contributed by atoms with Gasteiger partial charge in [-0.1, -0.05) is 6.07 Å². The maximum Gasteiger partial charge on any atom is 0.251 e. The minimum atomic E-state index is -0.798. The van der Waals surface area contributed by atoms with Crippen molar-refractivity contribution in [3.8, 4) is 0 Å². The van der Waals surface area contributed by atoms with Crippen molar-refractivity contribution in [1.29, 1.82) is 0 Å². The van der Waals surface area contributed by atoms with Crippen LogP contribution in [0.15, 0.2) is 36.5 Å². The van der Waals surface area contributed by atoms with E-state index >= 15 is 0 Å². The molecule has 3 N–H and O–H groups in total. The molecule has 0 spiro atoms. The summed E-state index contributed by atoms with van der Waals surface area (Å²) in [5, 5.41) is 2.56. The van der Waals surface area contributed by atoms with E-state index in [4.69, 9.17) is 5.73 Å². The smallest absolute Gasteiger partial charge is 0.251 e. The van der Waals surface area contributed by atoms with Gasteiger partial charge in [-0.3, -0.25) is 9.78 Å². The first-order valence-electron chi connectivity index (χ1n) is 6.42. The first kappa shape index (κ1) is 15.1. The van der Waals surface area contributed by atoms with Gasteiger partial charge in [0.25, 0.3) is 5.91 Å². The van der Waals surface area contributed by atoms with Crippen molar-refractivity contribution in [3.05, 3.63) is 65.0 Å². The van der Waals surface area contributed by atoms with Crippen LogP contribution in [0.5, 0.6) is 0 Å². The molecule has 0 aliphatic heterocycles. The monoisotopic (exact) mass is 291 g/mol.